The summed E-state index contributed by atoms with van der Waals surface area (Å²) in [6, 6.07) is 14.5. The van der Waals surface area contributed by atoms with Crippen LogP contribution in [0.4, 0.5) is 14.5 Å². The van der Waals surface area contributed by atoms with E-state index < -0.39 is 17.5 Å². The molecule has 0 heterocycles. The zero-order valence-electron chi connectivity index (χ0n) is 13.8. The average Bonchev–Trinajstić information content (AvgIpc) is 2.65. The summed E-state index contributed by atoms with van der Waals surface area (Å²) >= 11 is 11.8. The SMILES string of the molecule is O=C(Nc1ccc(F)cc1F)c1cccc(OCc2ccc(Cl)c(Cl)c2)c1. The molecule has 0 saturated heterocycles. The molecule has 27 heavy (non-hydrogen) atoms. The predicted octanol–water partition coefficient (Wildman–Crippen LogP) is 6.10. The number of nitrogens with one attached hydrogen (secondary N) is 1. The summed E-state index contributed by atoms with van der Waals surface area (Å²) < 4.78 is 32.3. The number of halogens is 4. The van der Waals surface area contributed by atoms with E-state index >= 15 is 0 Å². The summed E-state index contributed by atoms with van der Waals surface area (Å²) in [7, 11) is 0. The van der Waals surface area contributed by atoms with Crippen molar-refractivity contribution in [2.75, 3.05) is 5.32 Å². The van der Waals surface area contributed by atoms with Crippen molar-refractivity contribution in [3.8, 4) is 5.75 Å². The summed E-state index contributed by atoms with van der Waals surface area (Å²) in [6.07, 6.45) is 0. The van der Waals surface area contributed by atoms with Crippen LogP contribution in [-0.4, -0.2) is 5.91 Å². The van der Waals surface area contributed by atoms with Crippen LogP contribution in [0.2, 0.25) is 10.0 Å². The van der Waals surface area contributed by atoms with Gasteiger partial charge in [-0.2, -0.15) is 0 Å². The quantitative estimate of drug-likeness (QED) is 0.554. The Kier molecular flexibility index (Phi) is 5.94. The second-order valence-corrected chi connectivity index (χ2v) is 6.46. The van der Waals surface area contributed by atoms with Gasteiger partial charge in [0.1, 0.15) is 24.0 Å². The van der Waals surface area contributed by atoms with E-state index in [1.54, 1.807) is 36.4 Å². The third-order valence-corrected chi connectivity index (χ3v) is 4.40. The molecular formula is C20H13Cl2F2NO2. The molecule has 3 aromatic rings. The second kappa shape index (κ2) is 8.37. The molecule has 3 nitrogen and oxygen atoms in total. The van der Waals surface area contributed by atoms with E-state index in [2.05, 4.69) is 5.32 Å². The van der Waals surface area contributed by atoms with Crippen LogP contribution in [0.15, 0.2) is 60.7 Å². The number of carbonyl (C=O) groups is 1. The van der Waals surface area contributed by atoms with E-state index in [4.69, 9.17) is 27.9 Å². The van der Waals surface area contributed by atoms with Crippen molar-refractivity contribution in [2.45, 2.75) is 6.61 Å². The van der Waals surface area contributed by atoms with Crippen LogP contribution in [0.1, 0.15) is 15.9 Å². The normalized spacial score (nSPS) is 10.5. The highest BCUT2D eigenvalue weighted by Crippen LogP contribution is 2.24. The van der Waals surface area contributed by atoms with Crippen LogP contribution in [-0.2, 0) is 6.61 Å². The Hall–Kier alpha value is -2.63. The molecule has 0 aliphatic rings. The van der Waals surface area contributed by atoms with Gasteiger partial charge >= 0.3 is 0 Å². The maximum Gasteiger partial charge on any atom is 0.255 e. The van der Waals surface area contributed by atoms with Gasteiger partial charge in [0.2, 0.25) is 0 Å². The number of benzene rings is 3. The van der Waals surface area contributed by atoms with Gasteiger partial charge in [-0.15, -0.1) is 0 Å². The highest BCUT2D eigenvalue weighted by atomic mass is 35.5. The molecule has 7 heteroatoms. The van der Waals surface area contributed by atoms with E-state index in [0.29, 0.717) is 21.9 Å². The van der Waals surface area contributed by atoms with E-state index in [1.165, 1.54) is 6.07 Å². The van der Waals surface area contributed by atoms with Gasteiger partial charge < -0.3 is 10.1 Å². The molecule has 3 rings (SSSR count). The lowest BCUT2D eigenvalue weighted by atomic mass is 10.2. The third-order valence-electron chi connectivity index (χ3n) is 3.67. The van der Waals surface area contributed by atoms with Gasteiger partial charge in [-0.25, -0.2) is 8.78 Å². The van der Waals surface area contributed by atoms with Gasteiger partial charge in [-0.3, -0.25) is 4.79 Å². The van der Waals surface area contributed by atoms with E-state index in [9.17, 15) is 13.6 Å². The fourth-order valence-electron chi connectivity index (χ4n) is 2.31. The Morgan fingerprint density at radius 1 is 0.963 bits per heavy atom. The summed E-state index contributed by atoms with van der Waals surface area (Å²) in [4.78, 5) is 12.3. The molecule has 3 aromatic carbocycles. The van der Waals surface area contributed by atoms with Crippen molar-refractivity contribution < 1.29 is 18.3 Å². The summed E-state index contributed by atoms with van der Waals surface area (Å²) in [5, 5.41) is 3.27. The maximum absolute atomic E-state index is 13.7. The van der Waals surface area contributed by atoms with Gasteiger partial charge in [0, 0.05) is 11.6 Å². The molecule has 0 aliphatic heterocycles. The van der Waals surface area contributed by atoms with Gasteiger partial charge in [-0.1, -0.05) is 35.3 Å². The lowest BCUT2D eigenvalue weighted by Gasteiger charge is -2.10. The maximum atomic E-state index is 13.7. The molecule has 0 spiro atoms. The minimum Gasteiger partial charge on any atom is -0.489 e. The molecule has 0 aliphatic carbocycles. The fourth-order valence-corrected chi connectivity index (χ4v) is 2.63. The number of carbonyl (C=O) groups excluding carboxylic acids is 1. The first-order chi connectivity index (χ1) is 12.9. The Bertz CT molecular complexity index is 995. The Morgan fingerprint density at radius 2 is 1.78 bits per heavy atom. The van der Waals surface area contributed by atoms with Crippen molar-refractivity contribution in [3.63, 3.8) is 0 Å². The van der Waals surface area contributed by atoms with Crippen molar-refractivity contribution in [1.29, 1.82) is 0 Å². The number of anilines is 1. The molecule has 0 fully saturated rings. The zero-order chi connectivity index (χ0) is 19.4. The zero-order valence-corrected chi connectivity index (χ0v) is 15.3. The van der Waals surface area contributed by atoms with Gasteiger partial charge in [0.25, 0.3) is 5.91 Å². The third kappa shape index (κ3) is 4.96. The first-order valence-corrected chi connectivity index (χ1v) is 8.61. The second-order valence-electron chi connectivity index (χ2n) is 5.64. The standard InChI is InChI=1S/C20H13Cl2F2NO2/c21-16-6-4-12(8-17(16)22)11-27-15-3-1-2-13(9-15)20(26)25-19-7-5-14(23)10-18(19)24/h1-10H,11H2,(H,25,26). The Balaban J connectivity index is 1.69. The molecule has 138 valence electrons. The molecule has 1 amide bonds. The van der Waals surface area contributed by atoms with Gasteiger partial charge in [0.05, 0.1) is 15.7 Å². The molecule has 1 N–H and O–H groups in total. The first kappa shape index (κ1) is 19.1. The number of amides is 1. The van der Waals surface area contributed by atoms with E-state index in [1.807, 2.05) is 0 Å². The first-order valence-electron chi connectivity index (χ1n) is 7.85. The predicted molar refractivity (Wildman–Crippen MR) is 102 cm³/mol. The summed E-state index contributed by atoms with van der Waals surface area (Å²) in [5.74, 6) is -1.66. The monoisotopic (exact) mass is 407 g/mol. The van der Waals surface area contributed by atoms with E-state index in [0.717, 1.165) is 17.7 Å². The number of hydrogen-bond donors (Lipinski definition) is 1. The highest BCUT2D eigenvalue weighted by Gasteiger charge is 2.11. The number of rotatable bonds is 5. The summed E-state index contributed by atoms with van der Waals surface area (Å²) in [5.41, 5.74) is 0.974. The minimum atomic E-state index is -0.852. The molecule has 0 unspecified atom stereocenters. The Labute approximate surface area is 164 Å². The van der Waals surface area contributed by atoms with Crippen LogP contribution in [0, 0.1) is 11.6 Å². The summed E-state index contributed by atoms with van der Waals surface area (Å²) in [6.45, 7) is 0.231. The van der Waals surface area contributed by atoms with Crippen molar-refractivity contribution in [3.05, 3.63) is 93.5 Å². The largest absolute Gasteiger partial charge is 0.489 e. The number of hydrogen-bond acceptors (Lipinski definition) is 2. The van der Waals surface area contributed by atoms with Crippen LogP contribution in [0.5, 0.6) is 5.75 Å². The van der Waals surface area contributed by atoms with Crippen molar-refractivity contribution >= 4 is 34.8 Å². The minimum absolute atomic E-state index is 0.108. The molecule has 0 radical (unpaired) electrons. The molecule has 0 bridgehead atoms. The molecule has 0 aromatic heterocycles. The van der Waals surface area contributed by atoms with Crippen LogP contribution >= 0.6 is 23.2 Å². The average molecular weight is 408 g/mol. The molecule has 0 atom stereocenters. The molecule has 0 saturated carbocycles. The highest BCUT2D eigenvalue weighted by molar-refractivity contribution is 6.42. The topological polar surface area (TPSA) is 38.3 Å². The van der Waals surface area contributed by atoms with Crippen LogP contribution in [0.25, 0.3) is 0 Å². The number of ether oxygens (including phenoxy) is 1. The van der Waals surface area contributed by atoms with Gasteiger partial charge in [0.15, 0.2) is 0 Å². The smallest absolute Gasteiger partial charge is 0.255 e. The lowest BCUT2D eigenvalue weighted by Crippen LogP contribution is -2.13. The van der Waals surface area contributed by atoms with Crippen LogP contribution < -0.4 is 10.1 Å². The van der Waals surface area contributed by atoms with Crippen molar-refractivity contribution in [2.24, 2.45) is 0 Å². The molecular weight excluding hydrogens is 395 g/mol. The lowest BCUT2D eigenvalue weighted by molar-refractivity contribution is 0.102. The van der Waals surface area contributed by atoms with Crippen LogP contribution in [0.3, 0.4) is 0 Å². The Morgan fingerprint density at radius 3 is 2.52 bits per heavy atom. The van der Waals surface area contributed by atoms with Crippen molar-refractivity contribution in [1.82, 2.24) is 0 Å². The fraction of sp³-hybridized carbons (Fsp3) is 0.0500. The van der Waals surface area contributed by atoms with E-state index in [-0.39, 0.29) is 17.9 Å². The van der Waals surface area contributed by atoms with Gasteiger partial charge in [-0.05, 0) is 48.0 Å².